The summed E-state index contributed by atoms with van der Waals surface area (Å²) < 4.78 is 0. The van der Waals surface area contributed by atoms with Crippen LogP contribution in [0, 0.1) is 0 Å². The molecule has 0 aromatic heterocycles. The van der Waals surface area contributed by atoms with Crippen LogP contribution >= 0.6 is 24.0 Å². The van der Waals surface area contributed by atoms with Gasteiger partial charge in [0, 0.05) is 25.0 Å². The minimum Gasteiger partial charge on any atom is -0.357 e. The van der Waals surface area contributed by atoms with Gasteiger partial charge >= 0.3 is 0 Å². The van der Waals surface area contributed by atoms with Gasteiger partial charge in [0.15, 0.2) is 5.96 Å². The highest BCUT2D eigenvalue weighted by atomic mass is 127. The minimum absolute atomic E-state index is 0. The molecule has 1 aliphatic rings. The molecule has 1 unspecified atom stereocenters. The normalized spacial score (nSPS) is 15.7. The first-order valence-electron chi connectivity index (χ1n) is 10.1. The van der Waals surface area contributed by atoms with Crippen molar-refractivity contribution in [2.45, 2.75) is 70.9 Å². The standard InChI is InChI=1S/C21H34N4O.HI/c1-3-22-21(23-16-15-20(26)25-19-11-7-8-12-19)24-17(2)13-14-18-9-5-4-6-10-18;/h4-6,9-10,17,19H,3,7-8,11-16H2,1-2H3,(H,25,26)(H2,22,23,24);1H. The molecular weight excluding hydrogens is 451 g/mol. The van der Waals surface area contributed by atoms with E-state index in [1.165, 1.54) is 18.4 Å². The van der Waals surface area contributed by atoms with Crippen molar-refractivity contribution >= 4 is 35.8 Å². The van der Waals surface area contributed by atoms with E-state index in [0.717, 1.165) is 38.2 Å². The molecule has 1 aliphatic carbocycles. The van der Waals surface area contributed by atoms with Crippen LogP contribution in [0.25, 0.3) is 0 Å². The van der Waals surface area contributed by atoms with Crippen molar-refractivity contribution in [1.29, 1.82) is 0 Å². The summed E-state index contributed by atoms with van der Waals surface area (Å²) in [6.07, 6.45) is 7.24. The molecule has 1 fully saturated rings. The number of benzene rings is 1. The number of amides is 1. The summed E-state index contributed by atoms with van der Waals surface area (Å²) in [6.45, 7) is 5.55. The molecule has 1 aromatic carbocycles. The molecule has 1 saturated carbocycles. The highest BCUT2D eigenvalue weighted by molar-refractivity contribution is 14.0. The predicted molar refractivity (Wildman–Crippen MR) is 124 cm³/mol. The molecule has 1 atom stereocenters. The largest absolute Gasteiger partial charge is 0.357 e. The number of rotatable bonds is 9. The van der Waals surface area contributed by atoms with Gasteiger partial charge < -0.3 is 16.0 Å². The molecule has 0 spiro atoms. The summed E-state index contributed by atoms with van der Waals surface area (Å²) in [7, 11) is 0. The third-order valence-corrected chi connectivity index (χ3v) is 4.77. The lowest BCUT2D eigenvalue weighted by Crippen LogP contribution is -2.42. The molecule has 0 radical (unpaired) electrons. The number of nitrogens with one attached hydrogen (secondary N) is 3. The molecule has 3 N–H and O–H groups in total. The average Bonchev–Trinajstić information content (AvgIpc) is 3.14. The fourth-order valence-corrected chi connectivity index (χ4v) is 3.29. The Labute approximate surface area is 181 Å². The molecule has 1 aromatic rings. The van der Waals surface area contributed by atoms with Crippen LogP contribution in [0.5, 0.6) is 0 Å². The quantitative estimate of drug-likeness (QED) is 0.284. The van der Waals surface area contributed by atoms with Crippen molar-refractivity contribution in [2.75, 3.05) is 13.1 Å². The molecule has 5 nitrogen and oxygen atoms in total. The first-order chi connectivity index (χ1) is 12.7. The predicted octanol–water partition coefficient (Wildman–Crippen LogP) is 3.63. The van der Waals surface area contributed by atoms with Crippen LogP contribution in [-0.2, 0) is 11.2 Å². The lowest BCUT2D eigenvalue weighted by Gasteiger charge is -2.18. The first-order valence-corrected chi connectivity index (χ1v) is 10.1. The number of hydrogen-bond acceptors (Lipinski definition) is 2. The molecule has 0 bridgehead atoms. The zero-order chi connectivity index (χ0) is 18.6. The Morgan fingerprint density at radius 1 is 1.22 bits per heavy atom. The Kier molecular flexibility index (Phi) is 12.1. The number of carbonyl (C=O) groups excluding carboxylic acids is 1. The second-order valence-electron chi connectivity index (χ2n) is 7.13. The van der Waals surface area contributed by atoms with E-state index in [2.05, 4.69) is 59.1 Å². The minimum atomic E-state index is 0. The smallest absolute Gasteiger partial charge is 0.222 e. The van der Waals surface area contributed by atoms with Gasteiger partial charge in [-0.3, -0.25) is 9.79 Å². The highest BCUT2D eigenvalue weighted by Crippen LogP contribution is 2.17. The summed E-state index contributed by atoms with van der Waals surface area (Å²) in [4.78, 5) is 16.6. The molecule has 152 valence electrons. The van der Waals surface area contributed by atoms with E-state index in [4.69, 9.17) is 0 Å². The van der Waals surface area contributed by atoms with Crippen LogP contribution in [0.2, 0.25) is 0 Å². The van der Waals surface area contributed by atoms with Gasteiger partial charge in [0.1, 0.15) is 0 Å². The van der Waals surface area contributed by atoms with E-state index >= 15 is 0 Å². The molecule has 0 heterocycles. The molecule has 6 heteroatoms. The van der Waals surface area contributed by atoms with Crippen LogP contribution in [0.4, 0.5) is 0 Å². The van der Waals surface area contributed by atoms with Crippen LogP contribution in [0.1, 0.15) is 57.9 Å². The maximum atomic E-state index is 12.0. The number of nitrogens with zero attached hydrogens (tertiary/aromatic N) is 1. The summed E-state index contributed by atoms with van der Waals surface area (Å²) in [6, 6.07) is 11.2. The van der Waals surface area contributed by atoms with Gasteiger partial charge in [-0.1, -0.05) is 43.2 Å². The Bertz CT molecular complexity index is 559. The van der Waals surface area contributed by atoms with Crippen molar-refractivity contribution in [3.05, 3.63) is 35.9 Å². The van der Waals surface area contributed by atoms with E-state index in [9.17, 15) is 4.79 Å². The first kappa shape index (κ1) is 23.7. The van der Waals surface area contributed by atoms with E-state index in [0.29, 0.717) is 25.0 Å². The van der Waals surface area contributed by atoms with Crippen molar-refractivity contribution in [1.82, 2.24) is 16.0 Å². The monoisotopic (exact) mass is 486 g/mol. The zero-order valence-electron chi connectivity index (χ0n) is 16.7. The fraction of sp³-hybridized carbons (Fsp3) is 0.619. The van der Waals surface area contributed by atoms with Crippen LogP contribution in [-0.4, -0.2) is 37.0 Å². The topological polar surface area (TPSA) is 65.5 Å². The molecule has 27 heavy (non-hydrogen) atoms. The number of aryl methyl sites for hydroxylation is 1. The number of carbonyl (C=O) groups is 1. The molecule has 0 saturated heterocycles. The van der Waals surface area contributed by atoms with Crippen LogP contribution in [0.3, 0.4) is 0 Å². The van der Waals surface area contributed by atoms with Crippen molar-refractivity contribution in [2.24, 2.45) is 4.99 Å². The SMILES string of the molecule is CCNC(=NCCC(=O)NC1CCCC1)NC(C)CCc1ccccc1.I. The van der Waals surface area contributed by atoms with Crippen LogP contribution in [0.15, 0.2) is 35.3 Å². The molecular formula is C21H35IN4O. The second kappa shape index (κ2) is 13.8. The van der Waals surface area contributed by atoms with Gasteiger partial charge in [-0.05, 0) is 45.1 Å². The summed E-state index contributed by atoms with van der Waals surface area (Å²) in [5.41, 5.74) is 1.35. The molecule has 0 aliphatic heterocycles. The van der Waals surface area contributed by atoms with Crippen molar-refractivity contribution in [3.8, 4) is 0 Å². The Morgan fingerprint density at radius 3 is 2.59 bits per heavy atom. The van der Waals surface area contributed by atoms with E-state index in [1.54, 1.807) is 0 Å². The summed E-state index contributed by atoms with van der Waals surface area (Å²) in [5, 5.41) is 9.82. The average molecular weight is 486 g/mol. The maximum absolute atomic E-state index is 12.0. The Balaban J connectivity index is 0.00000364. The zero-order valence-corrected chi connectivity index (χ0v) is 19.0. The van der Waals surface area contributed by atoms with Gasteiger partial charge in [-0.15, -0.1) is 24.0 Å². The van der Waals surface area contributed by atoms with Gasteiger partial charge in [0.2, 0.25) is 5.91 Å². The van der Waals surface area contributed by atoms with Gasteiger partial charge in [0.05, 0.1) is 6.54 Å². The molecule has 2 rings (SSSR count). The number of guanidine groups is 1. The number of aliphatic imine (C=N–C) groups is 1. The fourth-order valence-electron chi connectivity index (χ4n) is 3.29. The third kappa shape index (κ3) is 9.98. The van der Waals surface area contributed by atoms with Crippen molar-refractivity contribution in [3.63, 3.8) is 0 Å². The van der Waals surface area contributed by atoms with Gasteiger partial charge in [0.25, 0.3) is 0 Å². The second-order valence-corrected chi connectivity index (χ2v) is 7.13. The maximum Gasteiger partial charge on any atom is 0.222 e. The van der Waals surface area contributed by atoms with E-state index in [1.807, 2.05) is 6.07 Å². The van der Waals surface area contributed by atoms with Crippen LogP contribution < -0.4 is 16.0 Å². The number of halogens is 1. The lowest BCUT2D eigenvalue weighted by atomic mass is 10.1. The number of hydrogen-bond donors (Lipinski definition) is 3. The third-order valence-electron chi connectivity index (χ3n) is 4.77. The Hall–Kier alpha value is -1.31. The van der Waals surface area contributed by atoms with E-state index < -0.39 is 0 Å². The van der Waals surface area contributed by atoms with Gasteiger partial charge in [-0.25, -0.2) is 0 Å². The molecule has 1 amide bonds. The van der Waals surface area contributed by atoms with E-state index in [-0.39, 0.29) is 29.9 Å². The highest BCUT2D eigenvalue weighted by Gasteiger charge is 2.16. The van der Waals surface area contributed by atoms with Gasteiger partial charge in [-0.2, -0.15) is 0 Å². The summed E-state index contributed by atoms with van der Waals surface area (Å²) >= 11 is 0. The Morgan fingerprint density at radius 2 is 1.93 bits per heavy atom. The summed E-state index contributed by atoms with van der Waals surface area (Å²) in [5.74, 6) is 0.912. The lowest BCUT2D eigenvalue weighted by molar-refractivity contribution is -0.121. The van der Waals surface area contributed by atoms with Crippen molar-refractivity contribution < 1.29 is 4.79 Å².